The molecule has 0 aliphatic heterocycles. The van der Waals surface area contributed by atoms with Gasteiger partial charge in [-0.2, -0.15) is 10.2 Å². The SMILES string of the molecule is CCC(c1cc(F)cc(C#N)c1)n1c(CC2CC2)nc(O)c(S(=O)(=O)c2ccc(-c3ccncc3C)cc2)c1=O. The fraction of sp³-hybridized carbons (Fsp3) is 0.267. The van der Waals surface area contributed by atoms with E-state index in [9.17, 15) is 28.0 Å². The lowest BCUT2D eigenvalue weighted by Gasteiger charge is -2.23. The molecular weight excluding hydrogens is 531 g/mol. The zero-order valence-electron chi connectivity index (χ0n) is 22.0. The van der Waals surface area contributed by atoms with Crippen LogP contribution in [0.5, 0.6) is 5.88 Å². The maximum Gasteiger partial charge on any atom is 0.277 e. The maximum absolute atomic E-state index is 14.4. The normalized spacial score (nSPS) is 14.1. The number of nitrogens with zero attached hydrogens (tertiary/aromatic N) is 4. The van der Waals surface area contributed by atoms with E-state index in [-0.39, 0.29) is 28.6 Å². The Bertz CT molecular complexity index is 1810. The van der Waals surface area contributed by atoms with E-state index in [0.717, 1.165) is 35.6 Å². The number of hydrogen-bond donors (Lipinski definition) is 1. The van der Waals surface area contributed by atoms with Crippen molar-refractivity contribution in [3.63, 3.8) is 0 Å². The van der Waals surface area contributed by atoms with Gasteiger partial charge in [0.05, 0.1) is 22.6 Å². The van der Waals surface area contributed by atoms with Crippen LogP contribution in [0.2, 0.25) is 0 Å². The van der Waals surface area contributed by atoms with Crippen LogP contribution in [0, 0.1) is 30.0 Å². The number of halogens is 1. The molecule has 0 bridgehead atoms. The van der Waals surface area contributed by atoms with Crippen molar-refractivity contribution >= 4 is 9.84 Å². The standard InChI is InChI=1S/C30H27FN4O4S/c1-3-26(22-12-20(16-32)13-23(31)15-22)35-27(14-19-4-5-19)34-29(36)28(30(35)37)40(38,39)24-8-6-21(7-9-24)25-10-11-33-17-18(25)2/h6-13,15,17,19,26,36H,3-5,14H2,1-2H3. The lowest BCUT2D eigenvalue weighted by Crippen LogP contribution is -2.33. The molecule has 40 heavy (non-hydrogen) atoms. The minimum absolute atomic E-state index is 0.0781. The van der Waals surface area contributed by atoms with Gasteiger partial charge in [-0.3, -0.25) is 14.3 Å². The van der Waals surface area contributed by atoms with Gasteiger partial charge in [-0.05, 0) is 90.8 Å². The van der Waals surface area contributed by atoms with E-state index >= 15 is 0 Å². The van der Waals surface area contributed by atoms with Gasteiger partial charge in [-0.1, -0.05) is 19.1 Å². The molecule has 0 amide bonds. The van der Waals surface area contributed by atoms with E-state index in [1.54, 1.807) is 31.5 Å². The number of rotatable bonds is 8. The van der Waals surface area contributed by atoms with Gasteiger partial charge in [-0.15, -0.1) is 0 Å². The molecule has 2 aromatic heterocycles. The second-order valence-electron chi connectivity index (χ2n) is 10.0. The quantitative estimate of drug-likeness (QED) is 0.318. The summed E-state index contributed by atoms with van der Waals surface area (Å²) in [6.07, 6.45) is 5.85. The Morgan fingerprint density at radius 3 is 2.52 bits per heavy atom. The first kappa shape index (κ1) is 27.2. The molecule has 1 N–H and O–H groups in total. The van der Waals surface area contributed by atoms with Gasteiger partial charge in [0.25, 0.3) is 5.56 Å². The molecule has 1 aliphatic rings. The van der Waals surface area contributed by atoms with Crippen LogP contribution < -0.4 is 5.56 Å². The summed E-state index contributed by atoms with van der Waals surface area (Å²) >= 11 is 0. The van der Waals surface area contributed by atoms with Crippen LogP contribution in [-0.2, 0) is 16.3 Å². The van der Waals surface area contributed by atoms with Gasteiger partial charge in [-0.25, -0.2) is 12.8 Å². The highest BCUT2D eigenvalue weighted by molar-refractivity contribution is 7.91. The summed E-state index contributed by atoms with van der Waals surface area (Å²) in [7, 11) is -4.49. The fourth-order valence-corrected chi connectivity index (χ4v) is 6.34. The molecular formula is C30H27FN4O4S. The summed E-state index contributed by atoms with van der Waals surface area (Å²) in [6, 6.07) is 12.8. The number of aromatic nitrogens is 3. The number of aromatic hydroxyl groups is 1. The Morgan fingerprint density at radius 2 is 1.90 bits per heavy atom. The summed E-state index contributed by atoms with van der Waals surface area (Å²) in [5, 5.41) is 20.2. The number of benzene rings is 2. The van der Waals surface area contributed by atoms with Crippen LogP contribution >= 0.6 is 0 Å². The van der Waals surface area contributed by atoms with E-state index < -0.39 is 38.0 Å². The maximum atomic E-state index is 14.4. The average molecular weight is 559 g/mol. The van der Waals surface area contributed by atoms with E-state index in [0.29, 0.717) is 12.0 Å². The zero-order chi connectivity index (χ0) is 28.6. The predicted molar refractivity (Wildman–Crippen MR) is 146 cm³/mol. The van der Waals surface area contributed by atoms with Gasteiger partial charge in [0.15, 0.2) is 4.90 Å². The van der Waals surface area contributed by atoms with Gasteiger partial charge < -0.3 is 5.11 Å². The molecule has 0 radical (unpaired) electrons. The van der Waals surface area contributed by atoms with Crippen LogP contribution in [-0.4, -0.2) is 28.1 Å². The minimum atomic E-state index is -4.49. The summed E-state index contributed by atoms with van der Waals surface area (Å²) < 4.78 is 43.2. The van der Waals surface area contributed by atoms with E-state index in [1.165, 1.54) is 28.8 Å². The van der Waals surface area contributed by atoms with Crippen molar-refractivity contribution in [2.24, 2.45) is 5.92 Å². The molecule has 5 rings (SSSR count). The molecule has 8 nitrogen and oxygen atoms in total. The van der Waals surface area contributed by atoms with Crippen molar-refractivity contribution in [3.05, 3.63) is 99.6 Å². The van der Waals surface area contributed by atoms with Gasteiger partial charge in [0, 0.05) is 18.8 Å². The Kier molecular flexibility index (Phi) is 7.25. The number of pyridine rings is 1. The van der Waals surface area contributed by atoms with Crippen molar-refractivity contribution < 1.29 is 17.9 Å². The summed E-state index contributed by atoms with van der Waals surface area (Å²) in [5.41, 5.74) is 2.04. The van der Waals surface area contributed by atoms with Crippen LogP contribution in [0.25, 0.3) is 11.1 Å². The molecule has 10 heteroatoms. The molecule has 1 saturated carbocycles. The van der Waals surface area contributed by atoms with Crippen molar-refractivity contribution in [1.82, 2.24) is 14.5 Å². The first-order valence-corrected chi connectivity index (χ1v) is 14.4. The molecule has 1 aliphatic carbocycles. The monoisotopic (exact) mass is 558 g/mol. The van der Waals surface area contributed by atoms with Crippen molar-refractivity contribution in [2.75, 3.05) is 0 Å². The Hall–Kier alpha value is -4.36. The van der Waals surface area contributed by atoms with E-state index in [2.05, 4.69) is 9.97 Å². The highest BCUT2D eigenvalue weighted by Gasteiger charge is 2.33. The number of aryl methyl sites for hydroxylation is 1. The van der Waals surface area contributed by atoms with Gasteiger partial charge in [0.2, 0.25) is 15.7 Å². The predicted octanol–water partition coefficient (Wildman–Crippen LogP) is 5.11. The second kappa shape index (κ2) is 10.7. The number of sulfone groups is 1. The van der Waals surface area contributed by atoms with Crippen LogP contribution in [0.15, 0.2) is 75.5 Å². The second-order valence-corrected chi connectivity index (χ2v) is 11.9. The summed E-state index contributed by atoms with van der Waals surface area (Å²) in [6.45, 7) is 3.67. The molecule has 0 spiro atoms. The van der Waals surface area contributed by atoms with Crippen LogP contribution in [0.3, 0.4) is 0 Å². The van der Waals surface area contributed by atoms with Crippen molar-refractivity contribution in [2.45, 2.75) is 55.4 Å². The third kappa shape index (κ3) is 5.12. The molecule has 4 aromatic rings. The largest absolute Gasteiger partial charge is 0.492 e. The molecule has 1 unspecified atom stereocenters. The van der Waals surface area contributed by atoms with Crippen LogP contribution in [0.1, 0.15) is 54.7 Å². The smallest absolute Gasteiger partial charge is 0.277 e. The van der Waals surface area contributed by atoms with E-state index in [1.807, 2.05) is 19.1 Å². The first-order chi connectivity index (χ1) is 19.1. The third-order valence-electron chi connectivity index (χ3n) is 7.19. The number of hydrogen-bond acceptors (Lipinski definition) is 7. The number of nitriles is 1. The summed E-state index contributed by atoms with van der Waals surface area (Å²) in [5.74, 6) is -1.03. The van der Waals surface area contributed by atoms with Gasteiger partial charge >= 0.3 is 0 Å². The van der Waals surface area contributed by atoms with Crippen LogP contribution in [0.4, 0.5) is 4.39 Å². The lowest BCUT2D eigenvalue weighted by molar-refractivity contribution is 0.405. The van der Waals surface area contributed by atoms with Crippen molar-refractivity contribution in [1.29, 1.82) is 5.26 Å². The zero-order valence-corrected chi connectivity index (χ0v) is 22.8. The van der Waals surface area contributed by atoms with Gasteiger partial charge in [0.1, 0.15) is 11.6 Å². The highest BCUT2D eigenvalue weighted by atomic mass is 32.2. The average Bonchev–Trinajstić information content (AvgIpc) is 3.74. The fourth-order valence-electron chi connectivity index (χ4n) is 5.00. The Morgan fingerprint density at radius 1 is 1.18 bits per heavy atom. The topological polar surface area (TPSA) is 126 Å². The molecule has 1 atom stereocenters. The minimum Gasteiger partial charge on any atom is -0.492 e. The summed E-state index contributed by atoms with van der Waals surface area (Å²) in [4.78, 5) is 21.3. The molecule has 204 valence electrons. The first-order valence-electron chi connectivity index (χ1n) is 12.9. The highest BCUT2D eigenvalue weighted by Crippen LogP contribution is 2.35. The molecule has 2 aromatic carbocycles. The van der Waals surface area contributed by atoms with Crippen molar-refractivity contribution in [3.8, 4) is 23.1 Å². The Labute approximate surface area is 231 Å². The molecule has 2 heterocycles. The molecule has 1 fully saturated rings. The third-order valence-corrected chi connectivity index (χ3v) is 8.98. The lowest BCUT2D eigenvalue weighted by atomic mass is 10.0. The van der Waals surface area contributed by atoms with E-state index in [4.69, 9.17) is 0 Å². The Balaban J connectivity index is 1.66. The molecule has 0 saturated heterocycles.